The Kier molecular flexibility index (Phi) is 5.80. The van der Waals surface area contributed by atoms with E-state index in [0.29, 0.717) is 5.02 Å². The van der Waals surface area contributed by atoms with Gasteiger partial charge in [-0.3, -0.25) is 0 Å². The molecule has 1 aromatic rings. The normalized spacial score (nSPS) is 16.9. The van der Waals surface area contributed by atoms with Crippen LogP contribution in [0.4, 0.5) is 0 Å². The maximum absolute atomic E-state index is 12.2. The van der Waals surface area contributed by atoms with Gasteiger partial charge >= 0.3 is 0 Å². The minimum Gasteiger partial charge on any atom is -0.392 e. The molecule has 0 spiro atoms. The number of rotatable bonds is 6. The van der Waals surface area contributed by atoms with Crippen LogP contribution in [-0.4, -0.2) is 25.7 Å². The van der Waals surface area contributed by atoms with Crippen molar-refractivity contribution in [3.05, 3.63) is 29.3 Å². The molecule has 3 unspecified atom stereocenters. The fraction of sp³-hybridized carbons (Fsp3) is 0.538. The molecule has 19 heavy (non-hydrogen) atoms. The van der Waals surface area contributed by atoms with Gasteiger partial charge in [0.1, 0.15) is 0 Å². The van der Waals surface area contributed by atoms with Crippen molar-refractivity contribution in [2.45, 2.75) is 44.2 Å². The molecule has 0 saturated carbocycles. The molecule has 108 valence electrons. The highest BCUT2D eigenvalue weighted by Gasteiger charge is 2.27. The van der Waals surface area contributed by atoms with E-state index in [1.165, 1.54) is 12.1 Å². The number of aliphatic hydroxyl groups is 1. The SMILES string of the molecule is CCC(C)C(NS(=O)(=O)c1cccc(Cl)c1)C(C)O. The molecule has 0 aromatic heterocycles. The van der Waals surface area contributed by atoms with Gasteiger partial charge in [-0.2, -0.15) is 0 Å². The molecule has 4 nitrogen and oxygen atoms in total. The maximum Gasteiger partial charge on any atom is 0.240 e. The van der Waals surface area contributed by atoms with Crippen molar-refractivity contribution in [2.24, 2.45) is 5.92 Å². The van der Waals surface area contributed by atoms with E-state index in [0.717, 1.165) is 6.42 Å². The van der Waals surface area contributed by atoms with E-state index in [9.17, 15) is 13.5 Å². The number of hydrogen-bond acceptors (Lipinski definition) is 3. The molecule has 0 amide bonds. The summed E-state index contributed by atoms with van der Waals surface area (Å²) in [6.45, 7) is 5.43. The van der Waals surface area contributed by atoms with Gasteiger partial charge in [0.15, 0.2) is 0 Å². The second kappa shape index (κ2) is 6.70. The lowest BCUT2D eigenvalue weighted by molar-refractivity contribution is 0.128. The van der Waals surface area contributed by atoms with E-state index in [1.54, 1.807) is 19.1 Å². The van der Waals surface area contributed by atoms with E-state index in [-0.39, 0.29) is 10.8 Å². The van der Waals surface area contributed by atoms with Gasteiger partial charge in [-0.1, -0.05) is 37.9 Å². The molecular formula is C13H20ClNO3S. The van der Waals surface area contributed by atoms with E-state index in [4.69, 9.17) is 11.6 Å². The molecule has 0 aliphatic heterocycles. The Morgan fingerprint density at radius 3 is 2.47 bits per heavy atom. The fourth-order valence-electron chi connectivity index (χ4n) is 1.83. The maximum atomic E-state index is 12.2. The zero-order chi connectivity index (χ0) is 14.6. The first kappa shape index (κ1) is 16.4. The van der Waals surface area contributed by atoms with Crippen LogP contribution in [0.1, 0.15) is 27.2 Å². The standard InChI is InChI=1S/C13H20ClNO3S/c1-4-9(2)13(10(3)16)15-19(17,18)12-7-5-6-11(14)8-12/h5-10,13,15-16H,4H2,1-3H3. The minimum absolute atomic E-state index is 0.0361. The van der Waals surface area contributed by atoms with E-state index in [2.05, 4.69) is 4.72 Å². The minimum atomic E-state index is -3.68. The summed E-state index contributed by atoms with van der Waals surface area (Å²) >= 11 is 5.80. The Morgan fingerprint density at radius 1 is 1.37 bits per heavy atom. The van der Waals surface area contributed by atoms with Crippen molar-refractivity contribution in [1.29, 1.82) is 0 Å². The Balaban J connectivity index is 3.01. The largest absolute Gasteiger partial charge is 0.392 e. The predicted molar refractivity (Wildman–Crippen MR) is 76.7 cm³/mol. The lowest BCUT2D eigenvalue weighted by Gasteiger charge is -2.26. The summed E-state index contributed by atoms with van der Waals surface area (Å²) < 4.78 is 27.0. The van der Waals surface area contributed by atoms with Gasteiger partial charge in [-0.25, -0.2) is 13.1 Å². The van der Waals surface area contributed by atoms with Gasteiger partial charge in [0, 0.05) is 5.02 Å². The molecule has 0 aliphatic rings. The average Bonchev–Trinajstić information content (AvgIpc) is 2.35. The van der Waals surface area contributed by atoms with Crippen LogP contribution < -0.4 is 4.72 Å². The van der Waals surface area contributed by atoms with Crippen molar-refractivity contribution >= 4 is 21.6 Å². The number of sulfonamides is 1. The van der Waals surface area contributed by atoms with Gasteiger partial charge in [0.25, 0.3) is 0 Å². The van der Waals surface area contributed by atoms with E-state index < -0.39 is 22.2 Å². The van der Waals surface area contributed by atoms with Crippen LogP contribution in [0.3, 0.4) is 0 Å². The Bertz CT molecular complexity index is 516. The van der Waals surface area contributed by atoms with Crippen molar-refractivity contribution in [3.8, 4) is 0 Å². The summed E-state index contributed by atoms with van der Waals surface area (Å²) in [5.74, 6) is 0.0361. The molecular weight excluding hydrogens is 286 g/mol. The van der Waals surface area contributed by atoms with Crippen LogP contribution in [0.2, 0.25) is 5.02 Å². The van der Waals surface area contributed by atoms with Crippen LogP contribution >= 0.6 is 11.6 Å². The average molecular weight is 306 g/mol. The van der Waals surface area contributed by atoms with Gasteiger partial charge in [-0.15, -0.1) is 0 Å². The lowest BCUT2D eigenvalue weighted by atomic mass is 9.96. The number of nitrogens with one attached hydrogen (secondary N) is 1. The third-order valence-electron chi connectivity index (χ3n) is 3.17. The van der Waals surface area contributed by atoms with Gasteiger partial charge < -0.3 is 5.11 Å². The Hall–Kier alpha value is -0.620. The molecule has 1 rings (SSSR count). The first-order valence-corrected chi connectivity index (χ1v) is 8.10. The zero-order valence-corrected chi connectivity index (χ0v) is 12.9. The van der Waals surface area contributed by atoms with Crippen LogP contribution in [0.25, 0.3) is 0 Å². The highest BCUT2D eigenvalue weighted by molar-refractivity contribution is 7.89. The van der Waals surface area contributed by atoms with Crippen LogP contribution in [0, 0.1) is 5.92 Å². The summed E-state index contributed by atoms with van der Waals surface area (Å²) in [4.78, 5) is 0.106. The summed E-state index contributed by atoms with van der Waals surface area (Å²) in [6, 6.07) is 5.54. The first-order chi connectivity index (χ1) is 8.77. The number of hydrogen-bond donors (Lipinski definition) is 2. The molecule has 3 atom stereocenters. The van der Waals surface area contributed by atoms with Gasteiger partial charge in [0.05, 0.1) is 17.0 Å². The van der Waals surface area contributed by atoms with Crippen molar-refractivity contribution in [2.75, 3.05) is 0 Å². The van der Waals surface area contributed by atoms with Gasteiger partial charge in [0.2, 0.25) is 10.0 Å². The molecule has 0 radical (unpaired) electrons. The van der Waals surface area contributed by atoms with Gasteiger partial charge in [-0.05, 0) is 31.0 Å². The topological polar surface area (TPSA) is 66.4 Å². The van der Waals surface area contributed by atoms with Crippen LogP contribution in [0.5, 0.6) is 0 Å². The monoisotopic (exact) mass is 305 g/mol. The van der Waals surface area contributed by atoms with Crippen molar-refractivity contribution in [3.63, 3.8) is 0 Å². The summed E-state index contributed by atoms with van der Waals surface area (Å²) in [6.07, 6.45) is 0.0112. The number of aliphatic hydroxyl groups excluding tert-OH is 1. The molecule has 0 aliphatic carbocycles. The van der Waals surface area contributed by atoms with Crippen LogP contribution in [-0.2, 0) is 10.0 Å². The fourth-order valence-corrected chi connectivity index (χ4v) is 3.54. The molecule has 1 aromatic carbocycles. The Labute approximate surface area is 119 Å². The number of benzene rings is 1. The van der Waals surface area contributed by atoms with E-state index in [1.807, 2.05) is 13.8 Å². The van der Waals surface area contributed by atoms with Crippen molar-refractivity contribution < 1.29 is 13.5 Å². The smallest absolute Gasteiger partial charge is 0.240 e. The Morgan fingerprint density at radius 2 is 2.00 bits per heavy atom. The highest BCUT2D eigenvalue weighted by atomic mass is 35.5. The molecule has 6 heteroatoms. The van der Waals surface area contributed by atoms with Crippen molar-refractivity contribution in [1.82, 2.24) is 4.72 Å². The quantitative estimate of drug-likeness (QED) is 0.848. The second-order valence-electron chi connectivity index (χ2n) is 4.73. The predicted octanol–water partition coefficient (Wildman–Crippen LogP) is 2.41. The molecule has 0 bridgehead atoms. The molecule has 0 heterocycles. The zero-order valence-electron chi connectivity index (χ0n) is 11.3. The number of halogens is 1. The summed E-state index contributed by atoms with van der Waals surface area (Å²) in [7, 11) is -3.68. The highest BCUT2D eigenvalue weighted by Crippen LogP contribution is 2.18. The summed E-state index contributed by atoms with van der Waals surface area (Å²) in [5, 5.41) is 10.1. The van der Waals surface area contributed by atoms with Crippen LogP contribution in [0.15, 0.2) is 29.2 Å². The summed E-state index contributed by atoms with van der Waals surface area (Å²) in [5.41, 5.74) is 0. The van der Waals surface area contributed by atoms with E-state index >= 15 is 0 Å². The lowest BCUT2D eigenvalue weighted by Crippen LogP contribution is -2.46. The molecule has 2 N–H and O–H groups in total. The molecule has 0 fully saturated rings. The first-order valence-electron chi connectivity index (χ1n) is 6.24. The molecule has 0 saturated heterocycles. The second-order valence-corrected chi connectivity index (χ2v) is 6.88. The third kappa shape index (κ3) is 4.45. The third-order valence-corrected chi connectivity index (χ3v) is 4.87.